The van der Waals surface area contributed by atoms with E-state index in [0.717, 1.165) is 19.3 Å². The summed E-state index contributed by atoms with van der Waals surface area (Å²) in [5, 5.41) is 0. The average Bonchev–Trinajstić information content (AvgIpc) is 2.64. The molecule has 1 heterocycles. The highest BCUT2D eigenvalue weighted by atomic mass is 16.7. The largest absolute Gasteiger partial charge is 0.459 e. The van der Waals surface area contributed by atoms with Crippen LogP contribution in [0.15, 0.2) is 0 Å². The lowest BCUT2D eigenvalue weighted by atomic mass is 10.1. The Balaban J connectivity index is 2.27. The van der Waals surface area contributed by atoms with E-state index in [4.69, 9.17) is 15.3 Å². The number of nitrogens with one attached hydrogen (secondary N) is 1. The summed E-state index contributed by atoms with van der Waals surface area (Å²) in [5.74, 6) is -0.237. The highest BCUT2D eigenvalue weighted by Crippen LogP contribution is 2.19. The van der Waals surface area contributed by atoms with E-state index in [1.54, 1.807) is 0 Å². The van der Waals surface area contributed by atoms with Crippen molar-refractivity contribution in [2.45, 2.75) is 64.2 Å². The molecule has 1 rings (SSSR count). The molecule has 0 radical (unpaired) electrons. The smallest absolute Gasteiger partial charge is 0.326 e. The highest BCUT2D eigenvalue weighted by molar-refractivity contribution is 5.76. The monoisotopic (exact) mass is 244 g/mol. The third-order valence-electron chi connectivity index (χ3n) is 2.55. The van der Waals surface area contributed by atoms with Crippen molar-refractivity contribution in [1.29, 1.82) is 0 Å². The SMILES string of the molecule is CC(C)(C)OC(=O)C1CC(CCCCN)ON1. The van der Waals surface area contributed by atoms with Crippen LogP contribution < -0.4 is 11.2 Å². The minimum atomic E-state index is -0.448. The van der Waals surface area contributed by atoms with E-state index >= 15 is 0 Å². The second kappa shape index (κ2) is 6.33. The van der Waals surface area contributed by atoms with Crippen LogP contribution in [0, 0.1) is 0 Å². The predicted molar refractivity (Wildman–Crippen MR) is 65.2 cm³/mol. The molecule has 100 valence electrons. The number of esters is 1. The lowest BCUT2D eigenvalue weighted by Gasteiger charge is -2.21. The molecule has 0 saturated carbocycles. The Labute approximate surface area is 103 Å². The van der Waals surface area contributed by atoms with Gasteiger partial charge in [0.1, 0.15) is 11.6 Å². The van der Waals surface area contributed by atoms with E-state index in [1.165, 1.54) is 0 Å². The molecule has 5 nitrogen and oxygen atoms in total. The van der Waals surface area contributed by atoms with Crippen molar-refractivity contribution in [3.05, 3.63) is 0 Å². The number of nitrogens with two attached hydrogens (primary N) is 1. The van der Waals surface area contributed by atoms with E-state index in [0.29, 0.717) is 13.0 Å². The maximum absolute atomic E-state index is 11.8. The third kappa shape index (κ3) is 5.48. The number of hydrogen-bond acceptors (Lipinski definition) is 5. The number of hydrogen-bond donors (Lipinski definition) is 2. The molecule has 1 aliphatic rings. The molecule has 2 atom stereocenters. The van der Waals surface area contributed by atoms with Crippen LogP contribution in [-0.2, 0) is 14.4 Å². The van der Waals surface area contributed by atoms with Gasteiger partial charge in [0.15, 0.2) is 0 Å². The Kier molecular flexibility index (Phi) is 5.36. The van der Waals surface area contributed by atoms with E-state index in [2.05, 4.69) is 5.48 Å². The molecular weight excluding hydrogens is 220 g/mol. The van der Waals surface area contributed by atoms with Gasteiger partial charge in [-0.25, -0.2) is 0 Å². The first-order valence-electron chi connectivity index (χ1n) is 6.26. The Morgan fingerprint density at radius 1 is 1.47 bits per heavy atom. The predicted octanol–water partition coefficient (Wildman–Crippen LogP) is 1.12. The zero-order valence-electron chi connectivity index (χ0n) is 11.0. The van der Waals surface area contributed by atoms with Crippen molar-refractivity contribution in [2.24, 2.45) is 5.73 Å². The van der Waals surface area contributed by atoms with Crippen molar-refractivity contribution in [3.63, 3.8) is 0 Å². The standard InChI is InChI=1S/C12H24N2O3/c1-12(2,3)16-11(15)10-8-9(17-14-10)6-4-5-7-13/h9-10,14H,4-8,13H2,1-3H3. The fourth-order valence-electron chi connectivity index (χ4n) is 1.75. The minimum absolute atomic E-state index is 0.0964. The molecule has 3 N–H and O–H groups in total. The molecule has 17 heavy (non-hydrogen) atoms. The van der Waals surface area contributed by atoms with Gasteiger partial charge >= 0.3 is 5.97 Å². The maximum atomic E-state index is 11.8. The van der Waals surface area contributed by atoms with Crippen LogP contribution in [0.25, 0.3) is 0 Å². The number of hydroxylamine groups is 1. The summed E-state index contributed by atoms with van der Waals surface area (Å²) in [6.07, 6.45) is 3.74. The minimum Gasteiger partial charge on any atom is -0.459 e. The van der Waals surface area contributed by atoms with Crippen LogP contribution in [-0.4, -0.2) is 30.3 Å². The van der Waals surface area contributed by atoms with Gasteiger partial charge in [0.25, 0.3) is 0 Å². The lowest BCUT2D eigenvalue weighted by Crippen LogP contribution is -2.36. The number of carbonyl (C=O) groups is 1. The Morgan fingerprint density at radius 2 is 2.18 bits per heavy atom. The highest BCUT2D eigenvalue weighted by Gasteiger charge is 2.33. The first-order valence-corrected chi connectivity index (χ1v) is 6.26. The number of unbranched alkanes of at least 4 members (excludes halogenated alkanes) is 1. The molecule has 2 unspecified atom stereocenters. The summed E-state index contributed by atoms with van der Waals surface area (Å²) in [7, 11) is 0. The second-order valence-electron chi connectivity index (χ2n) is 5.46. The molecule has 0 aromatic heterocycles. The fraction of sp³-hybridized carbons (Fsp3) is 0.917. The summed E-state index contributed by atoms with van der Waals surface area (Å²) >= 11 is 0. The van der Waals surface area contributed by atoms with Crippen LogP contribution in [0.4, 0.5) is 0 Å². The molecule has 5 heteroatoms. The van der Waals surface area contributed by atoms with E-state index in [-0.39, 0.29) is 18.1 Å². The number of carbonyl (C=O) groups excluding carboxylic acids is 1. The van der Waals surface area contributed by atoms with Gasteiger partial charge in [0.05, 0.1) is 6.10 Å². The summed E-state index contributed by atoms with van der Waals surface area (Å²) < 4.78 is 5.29. The van der Waals surface area contributed by atoms with Crippen molar-refractivity contribution >= 4 is 5.97 Å². The molecule has 0 spiro atoms. The van der Waals surface area contributed by atoms with Gasteiger partial charge < -0.3 is 10.5 Å². The van der Waals surface area contributed by atoms with E-state index in [1.807, 2.05) is 20.8 Å². The van der Waals surface area contributed by atoms with Crippen molar-refractivity contribution < 1.29 is 14.4 Å². The summed E-state index contributed by atoms with van der Waals surface area (Å²) in [6, 6.07) is -0.336. The van der Waals surface area contributed by atoms with Crippen LogP contribution >= 0.6 is 0 Å². The van der Waals surface area contributed by atoms with Gasteiger partial charge in [-0.1, -0.05) is 0 Å². The second-order valence-corrected chi connectivity index (χ2v) is 5.46. The van der Waals surface area contributed by atoms with Crippen molar-refractivity contribution in [1.82, 2.24) is 5.48 Å². The summed E-state index contributed by atoms with van der Waals surface area (Å²) in [5.41, 5.74) is 7.73. The first-order chi connectivity index (χ1) is 7.92. The molecule has 1 aliphatic heterocycles. The summed E-state index contributed by atoms with van der Waals surface area (Å²) in [4.78, 5) is 17.1. The molecule has 1 fully saturated rings. The Morgan fingerprint density at radius 3 is 2.76 bits per heavy atom. The molecule has 0 amide bonds. The van der Waals surface area contributed by atoms with Crippen molar-refractivity contribution in [3.8, 4) is 0 Å². The number of ether oxygens (including phenoxy) is 1. The normalized spacial score (nSPS) is 24.9. The van der Waals surface area contributed by atoms with Crippen LogP contribution in [0.5, 0.6) is 0 Å². The maximum Gasteiger partial charge on any atom is 0.326 e. The van der Waals surface area contributed by atoms with Gasteiger partial charge in [-0.3, -0.25) is 9.63 Å². The molecule has 0 bridgehead atoms. The van der Waals surface area contributed by atoms with Gasteiger partial charge in [0, 0.05) is 6.42 Å². The molecule has 1 saturated heterocycles. The zero-order valence-corrected chi connectivity index (χ0v) is 11.0. The van der Waals surface area contributed by atoms with E-state index < -0.39 is 5.60 Å². The van der Waals surface area contributed by atoms with Crippen LogP contribution in [0.1, 0.15) is 46.5 Å². The third-order valence-corrected chi connectivity index (χ3v) is 2.55. The summed E-state index contributed by atoms with van der Waals surface area (Å²) in [6.45, 7) is 6.29. The molecule has 0 aromatic rings. The lowest BCUT2D eigenvalue weighted by molar-refractivity contribution is -0.158. The molecule has 0 aromatic carbocycles. The average molecular weight is 244 g/mol. The van der Waals surface area contributed by atoms with Gasteiger partial charge in [-0.15, -0.1) is 0 Å². The fourth-order valence-corrected chi connectivity index (χ4v) is 1.75. The molecule has 0 aliphatic carbocycles. The Bertz CT molecular complexity index is 251. The first kappa shape index (κ1) is 14.4. The molecular formula is C12H24N2O3. The van der Waals surface area contributed by atoms with Crippen LogP contribution in [0.2, 0.25) is 0 Å². The zero-order chi connectivity index (χ0) is 12.9. The van der Waals surface area contributed by atoms with E-state index in [9.17, 15) is 4.79 Å². The van der Waals surface area contributed by atoms with Crippen LogP contribution in [0.3, 0.4) is 0 Å². The topological polar surface area (TPSA) is 73.6 Å². The van der Waals surface area contributed by atoms with Gasteiger partial charge in [0.2, 0.25) is 0 Å². The van der Waals surface area contributed by atoms with Gasteiger partial charge in [-0.05, 0) is 46.6 Å². The number of rotatable bonds is 5. The van der Waals surface area contributed by atoms with Crippen molar-refractivity contribution in [2.75, 3.05) is 6.54 Å². The van der Waals surface area contributed by atoms with Gasteiger partial charge in [-0.2, -0.15) is 5.48 Å². The quantitative estimate of drug-likeness (QED) is 0.560. The Hall–Kier alpha value is -0.650.